The minimum atomic E-state index is -0.512. The van der Waals surface area contributed by atoms with Crippen molar-refractivity contribution in [1.82, 2.24) is 15.3 Å². The van der Waals surface area contributed by atoms with E-state index in [1.165, 1.54) is 6.33 Å². The largest absolute Gasteiger partial charge is 0.444 e. The maximum atomic E-state index is 12.0. The highest BCUT2D eigenvalue weighted by atomic mass is 16.6. The van der Waals surface area contributed by atoms with Crippen LogP contribution in [-0.2, 0) is 4.74 Å². The molecule has 0 saturated heterocycles. The minimum absolute atomic E-state index is 0.0754. The van der Waals surface area contributed by atoms with E-state index in [2.05, 4.69) is 34.4 Å². The van der Waals surface area contributed by atoms with Gasteiger partial charge < -0.3 is 15.4 Å². The van der Waals surface area contributed by atoms with Crippen LogP contribution in [0.4, 0.5) is 10.6 Å². The Morgan fingerprint density at radius 3 is 2.58 bits per heavy atom. The van der Waals surface area contributed by atoms with E-state index in [9.17, 15) is 4.79 Å². The normalized spacial score (nSPS) is 12.9. The van der Waals surface area contributed by atoms with E-state index < -0.39 is 11.7 Å². The van der Waals surface area contributed by atoms with E-state index in [1.54, 1.807) is 0 Å². The SMILES string of the molecule is CC(C)C(CNc1ncnc2ccccc12)NC(=O)OC(C)(C)C. The Kier molecular flexibility index (Phi) is 5.59. The molecular formula is C18H26N4O2. The van der Waals surface area contributed by atoms with Crippen LogP contribution in [0, 0.1) is 5.92 Å². The highest BCUT2D eigenvalue weighted by molar-refractivity contribution is 5.88. The summed E-state index contributed by atoms with van der Waals surface area (Å²) in [7, 11) is 0. The van der Waals surface area contributed by atoms with E-state index >= 15 is 0 Å². The fourth-order valence-electron chi connectivity index (χ4n) is 2.26. The quantitative estimate of drug-likeness (QED) is 0.876. The minimum Gasteiger partial charge on any atom is -0.444 e. The Morgan fingerprint density at radius 2 is 1.92 bits per heavy atom. The summed E-state index contributed by atoms with van der Waals surface area (Å²) >= 11 is 0. The molecule has 130 valence electrons. The number of benzene rings is 1. The lowest BCUT2D eigenvalue weighted by molar-refractivity contribution is 0.0494. The number of carbonyl (C=O) groups excluding carboxylic acids is 1. The monoisotopic (exact) mass is 330 g/mol. The maximum absolute atomic E-state index is 12.0. The summed E-state index contributed by atoms with van der Waals surface area (Å²) in [6.45, 7) is 10.2. The topological polar surface area (TPSA) is 76.1 Å². The third kappa shape index (κ3) is 5.08. The molecule has 1 aromatic carbocycles. The first-order chi connectivity index (χ1) is 11.3. The summed E-state index contributed by atoms with van der Waals surface area (Å²) < 4.78 is 5.34. The van der Waals surface area contributed by atoms with Crippen molar-refractivity contribution < 1.29 is 9.53 Å². The Labute approximate surface area is 143 Å². The van der Waals surface area contributed by atoms with Gasteiger partial charge in [-0.1, -0.05) is 26.0 Å². The number of rotatable bonds is 5. The standard InChI is InChI=1S/C18H26N4O2/c1-12(2)15(22-17(23)24-18(3,4)5)10-19-16-13-8-6-7-9-14(13)20-11-21-16/h6-9,11-12,15H,10H2,1-5H3,(H,22,23)(H,19,20,21). The molecule has 0 saturated carbocycles. The van der Waals surface area contributed by atoms with Crippen LogP contribution in [0.15, 0.2) is 30.6 Å². The lowest BCUT2D eigenvalue weighted by Gasteiger charge is -2.26. The summed E-state index contributed by atoms with van der Waals surface area (Å²) in [6, 6.07) is 7.74. The average Bonchev–Trinajstić information content (AvgIpc) is 2.49. The number of hydrogen-bond acceptors (Lipinski definition) is 5. The Bertz CT molecular complexity index is 689. The number of nitrogens with zero attached hydrogens (tertiary/aromatic N) is 2. The number of hydrogen-bond donors (Lipinski definition) is 2. The molecule has 0 aliphatic carbocycles. The Hall–Kier alpha value is -2.37. The van der Waals surface area contributed by atoms with Crippen molar-refractivity contribution in [3.8, 4) is 0 Å². The highest BCUT2D eigenvalue weighted by Crippen LogP contribution is 2.18. The molecule has 1 atom stereocenters. The van der Waals surface area contributed by atoms with Crippen molar-refractivity contribution in [1.29, 1.82) is 0 Å². The first-order valence-electron chi connectivity index (χ1n) is 8.19. The molecule has 2 rings (SSSR count). The van der Waals surface area contributed by atoms with Gasteiger partial charge in [0.05, 0.1) is 11.6 Å². The molecule has 1 heterocycles. The van der Waals surface area contributed by atoms with Gasteiger partial charge in [-0.25, -0.2) is 14.8 Å². The zero-order valence-corrected chi connectivity index (χ0v) is 15.0. The molecule has 6 nitrogen and oxygen atoms in total. The number of para-hydroxylation sites is 1. The fraction of sp³-hybridized carbons (Fsp3) is 0.500. The van der Waals surface area contributed by atoms with E-state index in [4.69, 9.17) is 4.74 Å². The van der Waals surface area contributed by atoms with Gasteiger partial charge in [0.1, 0.15) is 17.7 Å². The maximum Gasteiger partial charge on any atom is 0.407 e. The predicted molar refractivity (Wildman–Crippen MR) is 96.0 cm³/mol. The number of alkyl carbamates (subject to hydrolysis) is 1. The molecule has 0 aliphatic heterocycles. The number of anilines is 1. The molecule has 2 N–H and O–H groups in total. The smallest absolute Gasteiger partial charge is 0.407 e. The molecule has 2 aromatic rings. The van der Waals surface area contributed by atoms with Crippen molar-refractivity contribution >= 4 is 22.8 Å². The van der Waals surface area contributed by atoms with Crippen LogP contribution in [0.5, 0.6) is 0 Å². The lowest BCUT2D eigenvalue weighted by Crippen LogP contribution is -2.45. The molecule has 0 bridgehead atoms. The predicted octanol–water partition coefficient (Wildman–Crippen LogP) is 3.59. The molecule has 0 radical (unpaired) electrons. The van der Waals surface area contributed by atoms with Crippen LogP contribution >= 0.6 is 0 Å². The highest BCUT2D eigenvalue weighted by Gasteiger charge is 2.21. The number of carbonyl (C=O) groups is 1. The summed E-state index contributed by atoms with van der Waals surface area (Å²) in [5.74, 6) is 1.01. The van der Waals surface area contributed by atoms with Crippen molar-refractivity contribution in [2.24, 2.45) is 5.92 Å². The van der Waals surface area contributed by atoms with Gasteiger partial charge in [0.25, 0.3) is 0 Å². The van der Waals surface area contributed by atoms with Crippen LogP contribution in [0.25, 0.3) is 10.9 Å². The molecule has 24 heavy (non-hydrogen) atoms. The number of nitrogens with one attached hydrogen (secondary N) is 2. The molecular weight excluding hydrogens is 304 g/mol. The molecule has 1 unspecified atom stereocenters. The van der Waals surface area contributed by atoms with Crippen molar-refractivity contribution in [3.05, 3.63) is 30.6 Å². The van der Waals surface area contributed by atoms with Crippen LogP contribution in [0.3, 0.4) is 0 Å². The molecule has 1 aromatic heterocycles. The fourth-order valence-corrected chi connectivity index (χ4v) is 2.26. The van der Waals surface area contributed by atoms with E-state index in [-0.39, 0.29) is 12.0 Å². The molecule has 1 amide bonds. The van der Waals surface area contributed by atoms with Crippen LogP contribution in [0.1, 0.15) is 34.6 Å². The summed E-state index contributed by atoms with van der Waals surface area (Å²) in [6.07, 6.45) is 1.13. The van der Waals surface area contributed by atoms with Gasteiger partial charge in [-0.2, -0.15) is 0 Å². The second-order valence-corrected chi connectivity index (χ2v) is 7.12. The van der Waals surface area contributed by atoms with Gasteiger partial charge in [0, 0.05) is 11.9 Å². The average molecular weight is 330 g/mol. The number of aromatic nitrogens is 2. The third-order valence-corrected chi connectivity index (χ3v) is 3.54. The van der Waals surface area contributed by atoms with Crippen LogP contribution in [-0.4, -0.2) is 34.2 Å². The van der Waals surface area contributed by atoms with Crippen molar-refractivity contribution in [3.63, 3.8) is 0 Å². The van der Waals surface area contributed by atoms with Gasteiger partial charge in [-0.05, 0) is 38.8 Å². The van der Waals surface area contributed by atoms with Gasteiger partial charge >= 0.3 is 6.09 Å². The van der Waals surface area contributed by atoms with E-state index in [1.807, 2.05) is 45.0 Å². The van der Waals surface area contributed by atoms with Crippen LogP contribution in [0.2, 0.25) is 0 Å². The first-order valence-corrected chi connectivity index (χ1v) is 8.19. The van der Waals surface area contributed by atoms with Gasteiger partial charge in [0.2, 0.25) is 0 Å². The Morgan fingerprint density at radius 1 is 1.21 bits per heavy atom. The van der Waals surface area contributed by atoms with Crippen molar-refractivity contribution in [2.45, 2.75) is 46.3 Å². The zero-order chi connectivity index (χ0) is 17.7. The number of fused-ring (bicyclic) bond motifs is 1. The third-order valence-electron chi connectivity index (χ3n) is 3.54. The van der Waals surface area contributed by atoms with E-state index in [0.29, 0.717) is 6.54 Å². The van der Waals surface area contributed by atoms with Crippen LogP contribution < -0.4 is 10.6 Å². The molecule has 0 fully saturated rings. The first kappa shape index (κ1) is 18.0. The molecule has 6 heteroatoms. The van der Waals surface area contributed by atoms with Gasteiger partial charge in [0.15, 0.2) is 0 Å². The second-order valence-electron chi connectivity index (χ2n) is 7.12. The second kappa shape index (κ2) is 7.47. The lowest BCUT2D eigenvalue weighted by atomic mass is 10.0. The Balaban J connectivity index is 2.04. The molecule has 0 aliphatic rings. The van der Waals surface area contributed by atoms with Gasteiger partial charge in [-0.3, -0.25) is 0 Å². The van der Waals surface area contributed by atoms with Gasteiger partial charge in [-0.15, -0.1) is 0 Å². The zero-order valence-electron chi connectivity index (χ0n) is 15.0. The van der Waals surface area contributed by atoms with E-state index in [0.717, 1.165) is 16.7 Å². The summed E-state index contributed by atoms with van der Waals surface area (Å²) in [4.78, 5) is 20.6. The molecule has 0 spiro atoms. The summed E-state index contributed by atoms with van der Waals surface area (Å²) in [5.41, 5.74) is 0.373. The number of amides is 1. The number of ether oxygens (including phenoxy) is 1. The van der Waals surface area contributed by atoms with Crippen molar-refractivity contribution in [2.75, 3.05) is 11.9 Å². The summed E-state index contributed by atoms with van der Waals surface area (Å²) in [5, 5.41) is 7.20.